The van der Waals surface area contributed by atoms with E-state index in [9.17, 15) is 9.59 Å². The van der Waals surface area contributed by atoms with Crippen LogP contribution in [0.2, 0.25) is 0 Å². The molecule has 2 heterocycles. The largest absolute Gasteiger partial charge is 0.489 e. The van der Waals surface area contributed by atoms with E-state index < -0.39 is 18.5 Å². The number of furan rings is 1. The van der Waals surface area contributed by atoms with Crippen LogP contribution < -0.4 is 10.1 Å². The van der Waals surface area contributed by atoms with Gasteiger partial charge >= 0.3 is 5.97 Å². The summed E-state index contributed by atoms with van der Waals surface area (Å²) in [7, 11) is 0. The molecule has 1 saturated carbocycles. The summed E-state index contributed by atoms with van der Waals surface area (Å²) in [6.45, 7) is -0.325. The maximum Gasteiger partial charge on any atom is 0.375 e. The lowest BCUT2D eigenvalue weighted by Crippen LogP contribution is -2.22. The van der Waals surface area contributed by atoms with E-state index in [1.165, 1.54) is 6.26 Å². The Hall–Kier alpha value is -4.33. The van der Waals surface area contributed by atoms with E-state index in [0.717, 1.165) is 24.2 Å². The molecule has 4 aromatic rings. The minimum Gasteiger partial charge on any atom is -0.489 e. The third-order valence-corrected chi connectivity index (χ3v) is 5.40. The summed E-state index contributed by atoms with van der Waals surface area (Å²) in [4.78, 5) is 25.1. The van der Waals surface area contributed by atoms with Gasteiger partial charge in [-0.2, -0.15) is 5.10 Å². The number of carbonyl (C=O) groups excluding carboxylic acids is 2. The van der Waals surface area contributed by atoms with Crippen molar-refractivity contribution in [3.63, 3.8) is 0 Å². The molecule has 1 aliphatic carbocycles. The minimum atomic E-state index is -0.734. The predicted octanol–water partition coefficient (Wildman–Crippen LogP) is 4.72. The molecule has 8 nitrogen and oxygen atoms in total. The molecule has 0 aliphatic heterocycles. The first kappa shape index (κ1) is 21.5. The maximum atomic E-state index is 12.6. The molecule has 1 N–H and O–H groups in total. The van der Waals surface area contributed by atoms with Gasteiger partial charge in [0.15, 0.2) is 6.61 Å². The normalized spacial score (nSPS) is 12.8. The smallest absolute Gasteiger partial charge is 0.375 e. The first-order valence-electron chi connectivity index (χ1n) is 11.0. The highest BCUT2D eigenvalue weighted by atomic mass is 16.5. The summed E-state index contributed by atoms with van der Waals surface area (Å²) in [5, 5.41) is 7.46. The van der Waals surface area contributed by atoms with E-state index in [1.54, 1.807) is 10.7 Å². The van der Waals surface area contributed by atoms with Gasteiger partial charge in [-0.25, -0.2) is 9.48 Å². The Kier molecular flexibility index (Phi) is 6.11. The van der Waals surface area contributed by atoms with Gasteiger partial charge in [-0.1, -0.05) is 36.4 Å². The molecular formula is C26H23N3O5. The summed E-state index contributed by atoms with van der Waals surface area (Å²) >= 11 is 0. The van der Waals surface area contributed by atoms with Crippen LogP contribution in [0.3, 0.4) is 0 Å². The van der Waals surface area contributed by atoms with Crippen LogP contribution in [0.1, 0.15) is 40.6 Å². The number of rotatable bonds is 9. The molecule has 2 aromatic carbocycles. The summed E-state index contributed by atoms with van der Waals surface area (Å²) in [5.41, 5.74) is 2.31. The molecule has 1 amide bonds. The van der Waals surface area contributed by atoms with Crippen molar-refractivity contribution in [3.8, 4) is 11.4 Å². The van der Waals surface area contributed by atoms with Crippen LogP contribution in [0.25, 0.3) is 5.69 Å². The molecule has 5 rings (SSSR count). The third-order valence-electron chi connectivity index (χ3n) is 5.40. The van der Waals surface area contributed by atoms with Crippen molar-refractivity contribution in [1.29, 1.82) is 0 Å². The number of nitrogens with zero attached hydrogens (tertiary/aromatic N) is 2. The molecule has 0 atom stereocenters. The van der Waals surface area contributed by atoms with Crippen LogP contribution in [0, 0.1) is 0 Å². The van der Waals surface area contributed by atoms with E-state index in [4.69, 9.17) is 13.9 Å². The Labute approximate surface area is 196 Å². The molecule has 34 heavy (non-hydrogen) atoms. The van der Waals surface area contributed by atoms with Crippen LogP contribution >= 0.6 is 0 Å². The van der Waals surface area contributed by atoms with Crippen LogP contribution in [-0.4, -0.2) is 28.3 Å². The number of para-hydroxylation sites is 2. The van der Waals surface area contributed by atoms with E-state index in [0.29, 0.717) is 23.0 Å². The first-order valence-corrected chi connectivity index (χ1v) is 11.0. The van der Waals surface area contributed by atoms with Crippen molar-refractivity contribution in [1.82, 2.24) is 9.78 Å². The van der Waals surface area contributed by atoms with Gasteiger partial charge < -0.3 is 19.2 Å². The number of hydrogen-bond acceptors (Lipinski definition) is 6. The lowest BCUT2D eigenvalue weighted by atomic mass is 10.2. The second-order valence-corrected chi connectivity index (χ2v) is 7.98. The van der Waals surface area contributed by atoms with Crippen molar-refractivity contribution in [2.75, 3.05) is 11.9 Å². The maximum absolute atomic E-state index is 12.6. The Morgan fingerprint density at radius 1 is 1.03 bits per heavy atom. The Morgan fingerprint density at radius 2 is 1.76 bits per heavy atom. The number of esters is 1. The van der Waals surface area contributed by atoms with Gasteiger partial charge in [0.1, 0.15) is 18.2 Å². The number of hydrogen-bond donors (Lipinski definition) is 1. The zero-order valence-corrected chi connectivity index (χ0v) is 18.3. The molecule has 1 fully saturated rings. The zero-order chi connectivity index (χ0) is 23.3. The van der Waals surface area contributed by atoms with E-state index in [2.05, 4.69) is 10.4 Å². The van der Waals surface area contributed by atoms with Crippen molar-refractivity contribution in [2.24, 2.45) is 0 Å². The van der Waals surface area contributed by atoms with Gasteiger partial charge in [0.05, 0.1) is 17.6 Å². The molecule has 1 aliphatic rings. The molecule has 0 radical (unpaired) electrons. The fourth-order valence-electron chi connectivity index (χ4n) is 3.51. The van der Waals surface area contributed by atoms with Crippen molar-refractivity contribution in [3.05, 3.63) is 96.1 Å². The molecule has 172 valence electrons. The van der Waals surface area contributed by atoms with Gasteiger partial charge in [0, 0.05) is 17.5 Å². The molecule has 2 aromatic heterocycles. The van der Waals surface area contributed by atoms with Gasteiger partial charge in [-0.3, -0.25) is 4.79 Å². The lowest BCUT2D eigenvalue weighted by Gasteiger charge is -2.09. The van der Waals surface area contributed by atoms with Crippen LogP contribution in [0.15, 0.2) is 83.5 Å². The number of nitrogens with one attached hydrogen (secondary N) is 1. The van der Waals surface area contributed by atoms with E-state index in [-0.39, 0.29) is 12.4 Å². The van der Waals surface area contributed by atoms with Crippen molar-refractivity contribution in [2.45, 2.75) is 25.4 Å². The number of ether oxygens (including phenoxy) is 2. The second-order valence-electron chi connectivity index (χ2n) is 7.98. The third kappa shape index (κ3) is 5.01. The number of carbonyl (C=O) groups is 2. The Morgan fingerprint density at radius 3 is 2.50 bits per heavy atom. The number of amides is 1. The summed E-state index contributed by atoms with van der Waals surface area (Å²) < 4.78 is 17.8. The van der Waals surface area contributed by atoms with Gasteiger partial charge in [-0.15, -0.1) is 0 Å². The molecule has 0 saturated heterocycles. The molecule has 0 spiro atoms. The average molecular weight is 457 g/mol. The molecule has 0 unspecified atom stereocenters. The highest BCUT2D eigenvalue weighted by Crippen LogP contribution is 2.40. The zero-order valence-electron chi connectivity index (χ0n) is 18.3. The highest BCUT2D eigenvalue weighted by molar-refractivity contribution is 5.94. The lowest BCUT2D eigenvalue weighted by molar-refractivity contribution is -0.119. The highest BCUT2D eigenvalue weighted by Gasteiger charge is 2.28. The van der Waals surface area contributed by atoms with E-state index >= 15 is 0 Å². The monoisotopic (exact) mass is 457 g/mol. The standard InChI is InChI=1S/C26H23N3O5/c30-24(27-23-15-22(18-11-12-18)28-29(23)20-7-3-1-4-8-20)17-34-26(31)25-19(13-14-32-25)16-33-21-9-5-2-6-10-21/h1-10,13-15,18H,11-12,16-17H2,(H,27,30). The molecular weight excluding hydrogens is 434 g/mol. The Balaban J connectivity index is 1.20. The number of anilines is 1. The van der Waals surface area contributed by atoms with Crippen molar-refractivity contribution >= 4 is 17.7 Å². The summed E-state index contributed by atoms with van der Waals surface area (Å²) in [5.74, 6) is 0.429. The number of benzene rings is 2. The Bertz CT molecular complexity index is 1280. The fourth-order valence-corrected chi connectivity index (χ4v) is 3.51. The van der Waals surface area contributed by atoms with Crippen LogP contribution in [-0.2, 0) is 16.1 Å². The van der Waals surface area contributed by atoms with Crippen LogP contribution in [0.5, 0.6) is 5.75 Å². The average Bonchev–Trinajstić information content (AvgIpc) is 3.47. The SMILES string of the molecule is O=C(COC(=O)c1occc1COc1ccccc1)Nc1cc(C2CC2)nn1-c1ccccc1. The first-order chi connectivity index (χ1) is 16.7. The quantitative estimate of drug-likeness (QED) is 0.366. The van der Waals surface area contributed by atoms with E-state index in [1.807, 2.05) is 66.7 Å². The molecule has 0 bridgehead atoms. The topological polar surface area (TPSA) is 95.6 Å². The predicted molar refractivity (Wildman–Crippen MR) is 124 cm³/mol. The van der Waals surface area contributed by atoms with Crippen LogP contribution in [0.4, 0.5) is 5.82 Å². The van der Waals surface area contributed by atoms with Gasteiger partial charge in [0.25, 0.3) is 5.91 Å². The minimum absolute atomic E-state index is 0.00841. The van der Waals surface area contributed by atoms with Gasteiger partial charge in [0.2, 0.25) is 5.76 Å². The van der Waals surface area contributed by atoms with Gasteiger partial charge in [-0.05, 0) is 43.2 Å². The molecule has 8 heteroatoms. The second kappa shape index (κ2) is 9.66. The van der Waals surface area contributed by atoms with Crippen molar-refractivity contribution < 1.29 is 23.5 Å². The number of aromatic nitrogens is 2. The summed E-state index contributed by atoms with van der Waals surface area (Å²) in [6, 6.07) is 22.3. The fraction of sp³-hybridized carbons (Fsp3) is 0.192. The summed E-state index contributed by atoms with van der Waals surface area (Å²) in [6.07, 6.45) is 3.57.